The highest BCUT2D eigenvalue weighted by Gasteiger charge is 2.62. The van der Waals surface area contributed by atoms with Crippen molar-refractivity contribution >= 4 is 50.7 Å². The van der Waals surface area contributed by atoms with Crippen molar-refractivity contribution in [2.24, 2.45) is 17.3 Å². The van der Waals surface area contributed by atoms with Gasteiger partial charge in [-0.2, -0.15) is 0 Å². The number of rotatable bonds is 7. The molecule has 2 aromatic rings. The maximum absolute atomic E-state index is 14.7. The van der Waals surface area contributed by atoms with Crippen LogP contribution >= 0.6 is 0 Å². The zero-order chi connectivity index (χ0) is 37.5. The van der Waals surface area contributed by atoms with Crippen molar-refractivity contribution in [1.29, 1.82) is 0 Å². The van der Waals surface area contributed by atoms with Gasteiger partial charge in [-0.3, -0.25) is 19.1 Å². The maximum Gasteiger partial charge on any atom is 0.407 e. The molecule has 14 heteroatoms. The molecule has 3 heterocycles. The molecule has 5 aliphatic rings. The summed E-state index contributed by atoms with van der Waals surface area (Å²) in [5.41, 5.74) is -0.904. The van der Waals surface area contributed by atoms with Gasteiger partial charge in [-0.15, -0.1) is 6.58 Å². The number of alkyl carbamates (subject to hydrolysis) is 1. The molecular formula is C39H49N5O8S. The van der Waals surface area contributed by atoms with Crippen molar-refractivity contribution in [2.75, 3.05) is 13.2 Å². The Labute approximate surface area is 310 Å². The van der Waals surface area contributed by atoms with E-state index in [0.717, 1.165) is 54.9 Å². The Bertz CT molecular complexity index is 1940. The molecule has 1 aromatic heterocycles. The van der Waals surface area contributed by atoms with E-state index in [1.807, 2.05) is 44.2 Å². The summed E-state index contributed by atoms with van der Waals surface area (Å²) in [5, 5.41) is 6.77. The lowest BCUT2D eigenvalue weighted by Crippen LogP contribution is -2.59. The number of pyridine rings is 1. The fourth-order valence-electron chi connectivity index (χ4n) is 7.95. The number of hydrogen-bond acceptors (Lipinski definition) is 9. The van der Waals surface area contributed by atoms with Gasteiger partial charge in [0.1, 0.15) is 23.7 Å². The Morgan fingerprint density at radius 1 is 1.11 bits per heavy atom. The van der Waals surface area contributed by atoms with E-state index in [0.29, 0.717) is 18.7 Å². The lowest BCUT2D eigenvalue weighted by atomic mass is 9.88. The van der Waals surface area contributed by atoms with Gasteiger partial charge in [0.05, 0.1) is 18.4 Å². The standard InChI is InChI=1S/C39H49N5O8S/c1-4-27-21-39(27,36(47)43-53(49,50)29-14-15-29)42-33(45)31-20-28-22-44(31)35(46)32(26-10-5-6-11-26)41-37(48)51-23-38(2,3)17-8-7-9-24-12-13-25-16-18-40-34(52-28)30(25)19-24/h4,7,9,12-13,16,18-19,26-29,31-32H,1,5-6,8,10-11,14-15,17,20-23H2,2-3H3,(H,41,48)(H,42,45)(H,43,47)/b9-7+/t27?,28-,31+,32+,39-/m1/s1. The number of carbonyl (C=O) groups is 4. The molecule has 0 spiro atoms. The number of hydrogen-bond donors (Lipinski definition) is 3. The molecule has 4 amide bonds. The monoisotopic (exact) mass is 747 g/mol. The van der Waals surface area contributed by atoms with Crippen molar-refractivity contribution in [3.05, 3.63) is 54.8 Å². The molecule has 1 unspecified atom stereocenters. The van der Waals surface area contributed by atoms with Crippen LogP contribution in [0.5, 0.6) is 5.88 Å². The predicted octanol–water partition coefficient (Wildman–Crippen LogP) is 4.37. The van der Waals surface area contributed by atoms with Crippen molar-refractivity contribution in [2.45, 2.75) is 107 Å². The molecule has 4 bridgehead atoms. The Morgan fingerprint density at radius 2 is 1.89 bits per heavy atom. The molecule has 3 saturated carbocycles. The van der Waals surface area contributed by atoms with Gasteiger partial charge in [-0.05, 0) is 79.4 Å². The van der Waals surface area contributed by atoms with Crippen molar-refractivity contribution < 1.29 is 37.1 Å². The normalized spacial score (nSPS) is 29.9. The number of allylic oxidation sites excluding steroid dienone is 1. The molecule has 284 valence electrons. The van der Waals surface area contributed by atoms with Gasteiger partial charge in [0.2, 0.25) is 27.7 Å². The van der Waals surface area contributed by atoms with Gasteiger partial charge in [0, 0.05) is 23.9 Å². The SMILES string of the molecule is C=CC1C[C@]1(NC(=O)[C@@H]1C[C@@H]2CN1C(=O)[C@H](C1CCCC1)NC(=O)OCC(C)(C)CC/C=C/c1ccc3ccnc(c3c1)O2)C(=O)NS(=O)(=O)C1CC1. The number of ether oxygens (including phenoxy) is 2. The van der Waals surface area contributed by atoms with E-state index in [4.69, 9.17) is 9.47 Å². The van der Waals surface area contributed by atoms with Gasteiger partial charge in [0.25, 0.3) is 5.91 Å². The van der Waals surface area contributed by atoms with Gasteiger partial charge in [-0.1, -0.05) is 57.0 Å². The zero-order valence-corrected chi connectivity index (χ0v) is 31.2. The highest BCUT2D eigenvalue weighted by Crippen LogP contribution is 2.45. The molecule has 2 aliphatic heterocycles. The number of benzene rings is 1. The summed E-state index contributed by atoms with van der Waals surface area (Å²) in [6.45, 7) is 8.02. The van der Waals surface area contributed by atoms with Crippen LogP contribution < -0.4 is 20.1 Å². The van der Waals surface area contributed by atoms with E-state index >= 15 is 0 Å². The highest BCUT2D eigenvalue weighted by molar-refractivity contribution is 7.91. The quantitative estimate of drug-likeness (QED) is 0.348. The number of nitrogens with zero attached hydrogens (tertiary/aromatic N) is 2. The Kier molecular flexibility index (Phi) is 10.0. The Morgan fingerprint density at radius 3 is 2.60 bits per heavy atom. The minimum atomic E-state index is -3.88. The average Bonchev–Trinajstić information content (AvgIpc) is 4.00. The van der Waals surface area contributed by atoms with Crippen molar-refractivity contribution in [3.8, 4) is 5.88 Å². The molecule has 1 aromatic carbocycles. The van der Waals surface area contributed by atoms with Gasteiger partial charge in [0.15, 0.2) is 0 Å². The predicted molar refractivity (Wildman–Crippen MR) is 198 cm³/mol. The topological polar surface area (TPSA) is 173 Å². The number of amides is 4. The first-order valence-corrected chi connectivity index (χ1v) is 20.3. The third kappa shape index (κ3) is 7.92. The largest absolute Gasteiger partial charge is 0.472 e. The second-order valence-corrected chi connectivity index (χ2v) is 18.1. The lowest BCUT2D eigenvalue weighted by molar-refractivity contribution is -0.142. The highest BCUT2D eigenvalue weighted by atomic mass is 32.2. The lowest BCUT2D eigenvalue weighted by Gasteiger charge is -2.32. The summed E-state index contributed by atoms with van der Waals surface area (Å²) < 4.78 is 39.9. The molecule has 3 aliphatic carbocycles. The second-order valence-electron chi connectivity index (χ2n) is 16.1. The van der Waals surface area contributed by atoms with Crippen LogP contribution in [0, 0.1) is 17.3 Å². The van der Waals surface area contributed by atoms with Crippen LogP contribution in [0.4, 0.5) is 4.79 Å². The summed E-state index contributed by atoms with van der Waals surface area (Å²) >= 11 is 0. The van der Waals surface area contributed by atoms with Crippen molar-refractivity contribution in [1.82, 2.24) is 25.2 Å². The molecular weight excluding hydrogens is 699 g/mol. The van der Waals surface area contributed by atoms with E-state index in [9.17, 15) is 27.6 Å². The summed E-state index contributed by atoms with van der Waals surface area (Å²) in [6.07, 6.45) is 11.9. The van der Waals surface area contributed by atoms with E-state index in [-0.39, 0.29) is 37.3 Å². The number of cyclic esters (lactones) is 1. The summed E-state index contributed by atoms with van der Waals surface area (Å²) in [5.74, 6) is -2.19. The van der Waals surface area contributed by atoms with E-state index in [2.05, 4.69) is 33.0 Å². The molecule has 1 saturated heterocycles. The zero-order valence-electron chi connectivity index (χ0n) is 30.3. The Balaban J connectivity index is 1.22. The van der Waals surface area contributed by atoms with Crippen LogP contribution in [0.3, 0.4) is 0 Å². The molecule has 53 heavy (non-hydrogen) atoms. The van der Waals surface area contributed by atoms with E-state index in [1.54, 1.807) is 6.20 Å². The van der Waals surface area contributed by atoms with Crippen LogP contribution in [-0.4, -0.2) is 84.2 Å². The van der Waals surface area contributed by atoms with E-state index in [1.165, 1.54) is 11.0 Å². The van der Waals surface area contributed by atoms with Crippen LogP contribution in [-0.2, 0) is 29.1 Å². The third-order valence-corrected chi connectivity index (χ3v) is 13.3. The molecule has 4 fully saturated rings. The first-order chi connectivity index (χ1) is 25.3. The van der Waals surface area contributed by atoms with Crippen LogP contribution in [0.15, 0.2) is 49.2 Å². The average molecular weight is 748 g/mol. The van der Waals surface area contributed by atoms with Crippen LogP contribution in [0.2, 0.25) is 0 Å². The molecule has 7 rings (SSSR count). The molecule has 5 atom stereocenters. The van der Waals surface area contributed by atoms with Crippen LogP contribution in [0.25, 0.3) is 16.8 Å². The van der Waals surface area contributed by atoms with Crippen molar-refractivity contribution in [3.63, 3.8) is 0 Å². The molecule has 0 radical (unpaired) electrons. The number of nitrogens with one attached hydrogen (secondary N) is 3. The number of carbonyl (C=O) groups excluding carboxylic acids is 4. The van der Waals surface area contributed by atoms with Gasteiger partial charge >= 0.3 is 6.09 Å². The maximum atomic E-state index is 14.7. The third-order valence-electron chi connectivity index (χ3n) is 11.4. The van der Waals surface area contributed by atoms with Gasteiger partial charge < -0.3 is 25.0 Å². The minimum Gasteiger partial charge on any atom is -0.472 e. The summed E-state index contributed by atoms with van der Waals surface area (Å²) in [6, 6.07) is 5.85. The van der Waals surface area contributed by atoms with Crippen LogP contribution in [0.1, 0.15) is 83.6 Å². The molecule has 13 nitrogen and oxygen atoms in total. The first-order valence-electron chi connectivity index (χ1n) is 18.7. The fraction of sp³-hybridized carbons (Fsp3) is 0.564. The van der Waals surface area contributed by atoms with Gasteiger partial charge in [-0.25, -0.2) is 18.2 Å². The Hall–Kier alpha value is -4.46. The number of fused-ring (bicyclic) bond motifs is 3. The number of aromatic nitrogens is 1. The smallest absolute Gasteiger partial charge is 0.407 e. The van der Waals surface area contributed by atoms with E-state index < -0.39 is 68.7 Å². The molecule has 3 N–H and O–H groups in total. The summed E-state index contributed by atoms with van der Waals surface area (Å²) in [4.78, 5) is 61.8. The minimum absolute atomic E-state index is 0.0156. The first kappa shape index (κ1) is 36.9. The number of sulfonamides is 1. The summed E-state index contributed by atoms with van der Waals surface area (Å²) in [7, 11) is -3.88. The fourth-order valence-corrected chi connectivity index (χ4v) is 9.32. The second kappa shape index (κ2) is 14.4.